The van der Waals surface area contributed by atoms with Gasteiger partial charge in [-0.25, -0.2) is 0 Å². The summed E-state index contributed by atoms with van der Waals surface area (Å²) >= 11 is 0. The summed E-state index contributed by atoms with van der Waals surface area (Å²) in [5.74, 6) is 0. The molecule has 0 aromatic carbocycles. The van der Waals surface area contributed by atoms with E-state index in [9.17, 15) is 5.11 Å². The minimum Gasteiger partial charge on any atom is -0.389 e. The Bertz CT molecular complexity index is 415. The molecule has 126 valence electrons. The smallest absolute Gasteiger partial charge is 0.0695 e. The van der Waals surface area contributed by atoms with Crippen molar-refractivity contribution in [3.8, 4) is 0 Å². The first kappa shape index (κ1) is 20.9. The SMILES string of the molecule is CC(C)=CCCC(C)=CCCC(C)=CCCC(C)=CC(C)O. The molecule has 0 heterocycles. The molecule has 0 bridgehead atoms. The molecule has 0 spiro atoms. The zero-order valence-electron chi connectivity index (χ0n) is 15.6. The Morgan fingerprint density at radius 3 is 1.55 bits per heavy atom. The lowest BCUT2D eigenvalue weighted by molar-refractivity contribution is 0.243. The second-order valence-electron chi connectivity index (χ2n) is 6.75. The Hall–Kier alpha value is -1.08. The normalized spacial score (nSPS) is 15.0. The summed E-state index contributed by atoms with van der Waals surface area (Å²) in [5, 5.41) is 9.29. The largest absolute Gasteiger partial charge is 0.389 e. The van der Waals surface area contributed by atoms with Gasteiger partial charge in [0, 0.05) is 0 Å². The molecule has 0 aromatic heterocycles. The maximum atomic E-state index is 9.29. The second kappa shape index (κ2) is 12.5. The third kappa shape index (κ3) is 13.9. The molecule has 1 atom stereocenters. The van der Waals surface area contributed by atoms with E-state index in [1.165, 1.54) is 28.7 Å². The molecule has 0 rings (SSSR count). The van der Waals surface area contributed by atoms with Gasteiger partial charge in [-0.3, -0.25) is 0 Å². The van der Waals surface area contributed by atoms with Crippen molar-refractivity contribution in [2.45, 2.75) is 86.2 Å². The van der Waals surface area contributed by atoms with E-state index in [0.29, 0.717) is 0 Å². The van der Waals surface area contributed by atoms with Gasteiger partial charge in [0.25, 0.3) is 0 Å². The zero-order chi connectivity index (χ0) is 17.0. The molecule has 22 heavy (non-hydrogen) atoms. The highest BCUT2D eigenvalue weighted by atomic mass is 16.3. The summed E-state index contributed by atoms with van der Waals surface area (Å²) in [5.41, 5.74) is 5.65. The molecule has 0 saturated heterocycles. The quantitative estimate of drug-likeness (QED) is 0.456. The van der Waals surface area contributed by atoms with Crippen LogP contribution in [0.25, 0.3) is 0 Å². The van der Waals surface area contributed by atoms with E-state index in [0.717, 1.165) is 32.1 Å². The van der Waals surface area contributed by atoms with Crippen LogP contribution in [-0.2, 0) is 0 Å². The third-order valence-electron chi connectivity index (χ3n) is 3.68. The summed E-state index contributed by atoms with van der Waals surface area (Å²) in [6, 6.07) is 0. The van der Waals surface area contributed by atoms with Crippen LogP contribution in [0.4, 0.5) is 0 Å². The van der Waals surface area contributed by atoms with Crippen molar-refractivity contribution in [1.82, 2.24) is 0 Å². The molecule has 0 aromatic rings. The van der Waals surface area contributed by atoms with Gasteiger partial charge in [-0.05, 0) is 80.1 Å². The van der Waals surface area contributed by atoms with Crippen LogP contribution in [-0.4, -0.2) is 11.2 Å². The average Bonchev–Trinajstić information content (AvgIpc) is 2.37. The predicted molar refractivity (Wildman–Crippen MR) is 100 cm³/mol. The highest BCUT2D eigenvalue weighted by Gasteiger charge is 1.95. The van der Waals surface area contributed by atoms with E-state index in [2.05, 4.69) is 52.8 Å². The highest BCUT2D eigenvalue weighted by molar-refractivity contribution is 5.07. The van der Waals surface area contributed by atoms with Crippen molar-refractivity contribution in [1.29, 1.82) is 0 Å². The van der Waals surface area contributed by atoms with Gasteiger partial charge in [0.1, 0.15) is 0 Å². The van der Waals surface area contributed by atoms with Crippen LogP contribution in [0.3, 0.4) is 0 Å². The zero-order valence-corrected chi connectivity index (χ0v) is 15.6. The molecule has 0 aliphatic rings. The van der Waals surface area contributed by atoms with Crippen LogP contribution in [0, 0.1) is 0 Å². The fourth-order valence-electron chi connectivity index (χ4n) is 2.38. The first-order chi connectivity index (χ1) is 10.3. The molecule has 1 heteroatoms. The lowest BCUT2D eigenvalue weighted by atomic mass is 10.0. The van der Waals surface area contributed by atoms with Gasteiger partial charge < -0.3 is 5.11 Å². The van der Waals surface area contributed by atoms with E-state index in [1.54, 1.807) is 6.92 Å². The van der Waals surface area contributed by atoms with Crippen molar-refractivity contribution in [2.75, 3.05) is 0 Å². The number of hydrogen-bond donors (Lipinski definition) is 1. The Morgan fingerprint density at radius 1 is 0.727 bits per heavy atom. The lowest BCUT2D eigenvalue weighted by Gasteiger charge is -2.03. The van der Waals surface area contributed by atoms with Gasteiger partial charge >= 0.3 is 0 Å². The van der Waals surface area contributed by atoms with Crippen LogP contribution < -0.4 is 0 Å². The van der Waals surface area contributed by atoms with Crippen molar-refractivity contribution >= 4 is 0 Å². The van der Waals surface area contributed by atoms with E-state index in [4.69, 9.17) is 0 Å². The third-order valence-corrected chi connectivity index (χ3v) is 3.68. The van der Waals surface area contributed by atoms with Gasteiger partial charge in [-0.15, -0.1) is 0 Å². The molecule has 0 amide bonds. The molecule has 0 fully saturated rings. The summed E-state index contributed by atoms with van der Waals surface area (Å²) in [4.78, 5) is 0. The van der Waals surface area contributed by atoms with Crippen LogP contribution in [0.15, 0.2) is 46.6 Å². The fraction of sp³-hybridized carbons (Fsp3) is 0.619. The molecular formula is C21H36O. The number of rotatable bonds is 10. The predicted octanol–water partition coefficient (Wildman–Crippen LogP) is 6.51. The Morgan fingerprint density at radius 2 is 1.14 bits per heavy atom. The van der Waals surface area contributed by atoms with Crippen LogP contribution >= 0.6 is 0 Å². The number of allylic oxidation sites excluding steroid dienone is 7. The monoisotopic (exact) mass is 304 g/mol. The van der Waals surface area contributed by atoms with Gasteiger partial charge in [0.05, 0.1) is 6.10 Å². The van der Waals surface area contributed by atoms with Gasteiger partial charge in [0.15, 0.2) is 0 Å². The molecule has 0 saturated carbocycles. The number of aliphatic hydroxyl groups excluding tert-OH is 1. The standard InChI is InChI=1S/C21H36O/c1-17(2)10-7-11-18(3)12-8-13-19(4)14-9-15-20(5)16-21(6)22/h10,12,14,16,21-22H,7-9,11,13,15H2,1-6H3. The Balaban J connectivity index is 3.99. The van der Waals surface area contributed by atoms with Crippen molar-refractivity contribution < 1.29 is 5.11 Å². The van der Waals surface area contributed by atoms with Gasteiger partial charge in [-0.1, -0.05) is 46.6 Å². The summed E-state index contributed by atoms with van der Waals surface area (Å²) in [6.45, 7) is 12.7. The lowest BCUT2D eigenvalue weighted by Crippen LogP contribution is -1.94. The molecule has 1 N–H and O–H groups in total. The topological polar surface area (TPSA) is 20.2 Å². The van der Waals surface area contributed by atoms with Crippen LogP contribution in [0.1, 0.15) is 80.1 Å². The van der Waals surface area contributed by atoms with Crippen molar-refractivity contribution in [2.24, 2.45) is 0 Å². The van der Waals surface area contributed by atoms with Crippen molar-refractivity contribution in [3.05, 3.63) is 46.6 Å². The minimum absolute atomic E-state index is 0.329. The Kier molecular flexibility index (Phi) is 11.9. The maximum Gasteiger partial charge on any atom is 0.0695 e. The van der Waals surface area contributed by atoms with Gasteiger partial charge in [0.2, 0.25) is 0 Å². The van der Waals surface area contributed by atoms with Crippen LogP contribution in [0.5, 0.6) is 0 Å². The molecule has 0 aliphatic heterocycles. The first-order valence-corrected chi connectivity index (χ1v) is 8.61. The number of hydrogen-bond acceptors (Lipinski definition) is 1. The van der Waals surface area contributed by atoms with Crippen LogP contribution in [0.2, 0.25) is 0 Å². The summed E-state index contributed by atoms with van der Waals surface area (Å²) < 4.78 is 0. The van der Waals surface area contributed by atoms with E-state index in [1.807, 2.05) is 6.08 Å². The van der Waals surface area contributed by atoms with E-state index < -0.39 is 0 Å². The average molecular weight is 305 g/mol. The van der Waals surface area contributed by atoms with E-state index in [-0.39, 0.29) is 6.10 Å². The maximum absolute atomic E-state index is 9.29. The Labute approximate surface area is 138 Å². The molecule has 1 nitrogen and oxygen atoms in total. The summed E-state index contributed by atoms with van der Waals surface area (Å²) in [6.07, 6.45) is 15.4. The first-order valence-electron chi connectivity index (χ1n) is 8.61. The fourth-order valence-corrected chi connectivity index (χ4v) is 2.38. The summed E-state index contributed by atoms with van der Waals surface area (Å²) in [7, 11) is 0. The molecule has 1 unspecified atom stereocenters. The number of aliphatic hydroxyl groups is 1. The van der Waals surface area contributed by atoms with E-state index >= 15 is 0 Å². The second-order valence-corrected chi connectivity index (χ2v) is 6.75. The molecule has 0 radical (unpaired) electrons. The van der Waals surface area contributed by atoms with Crippen molar-refractivity contribution in [3.63, 3.8) is 0 Å². The molecule has 0 aliphatic carbocycles. The van der Waals surface area contributed by atoms with Gasteiger partial charge in [-0.2, -0.15) is 0 Å². The molecular weight excluding hydrogens is 268 g/mol. The minimum atomic E-state index is -0.329. The highest BCUT2D eigenvalue weighted by Crippen LogP contribution is 2.13.